The molecule has 0 N–H and O–H groups in total. The predicted octanol–water partition coefficient (Wildman–Crippen LogP) is 3.12. The molecule has 0 aliphatic rings. The highest BCUT2D eigenvalue weighted by Crippen LogP contribution is 2.00. The van der Waals surface area contributed by atoms with E-state index in [9.17, 15) is 0 Å². The molecule has 0 aromatic rings. The van der Waals surface area contributed by atoms with Crippen molar-refractivity contribution in [2.75, 3.05) is 61.4 Å². The maximum atomic E-state index is 2.40. The number of likely N-dealkylation sites (N-methyl/N-ethyl adjacent to an activating group) is 2. The fourth-order valence-electron chi connectivity index (χ4n) is 1.48. The molecule has 0 rings (SSSR count). The Labute approximate surface area is 129 Å². The van der Waals surface area contributed by atoms with Gasteiger partial charge in [-0.05, 0) is 73.0 Å². The Balaban J connectivity index is 0. The minimum atomic E-state index is 0.826. The van der Waals surface area contributed by atoms with E-state index >= 15 is 0 Å². The summed E-state index contributed by atoms with van der Waals surface area (Å²) in [6.45, 7) is 13.9. The Morgan fingerprint density at radius 3 is 1.25 bits per heavy atom. The molecule has 0 fully saturated rings. The van der Waals surface area contributed by atoms with Crippen LogP contribution in [-0.2, 0) is 0 Å². The van der Waals surface area contributed by atoms with Gasteiger partial charge in [0.1, 0.15) is 0 Å². The summed E-state index contributed by atoms with van der Waals surface area (Å²) in [5.74, 6) is 1.67. The minimum absolute atomic E-state index is 0.826. The molecular formula is C17H41N3. The maximum Gasteiger partial charge on any atom is 0.0106 e. The molecule has 3 nitrogen and oxygen atoms in total. The first-order valence-electron chi connectivity index (χ1n) is 8.13. The normalized spacial score (nSPS) is 11.7. The van der Waals surface area contributed by atoms with Gasteiger partial charge in [-0.15, -0.1) is 0 Å². The molecule has 0 radical (unpaired) electrons. The van der Waals surface area contributed by atoms with Gasteiger partial charge >= 0.3 is 0 Å². The second kappa shape index (κ2) is 13.8. The van der Waals surface area contributed by atoms with Crippen molar-refractivity contribution >= 4 is 0 Å². The zero-order valence-corrected chi connectivity index (χ0v) is 15.7. The molecule has 3 heteroatoms. The fourth-order valence-corrected chi connectivity index (χ4v) is 1.48. The molecule has 0 aliphatic carbocycles. The van der Waals surface area contributed by atoms with Crippen molar-refractivity contribution in [3.05, 3.63) is 0 Å². The average Bonchev–Trinajstić information content (AvgIpc) is 2.32. The first kappa shape index (κ1) is 22.2. The van der Waals surface area contributed by atoms with E-state index in [1.807, 2.05) is 0 Å². The molecule has 0 atom stereocenters. The van der Waals surface area contributed by atoms with Crippen LogP contribution in [-0.4, -0.2) is 76.1 Å². The first-order chi connectivity index (χ1) is 9.15. The van der Waals surface area contributed by atoms with Crippen molar-refractivity contribution in [3.63, 3.8) is 0 Å². The van der Waals surface area contributed by atoms with Crippen molar-refractivity contribution in [1.29, 1.82) is 0 Å². The van der Waals surface area contributed by atoms with Crippen LogP contribution in [0.4, 0.5) is 0 Å². The van der Waals surface area contributed by atoms with E-state index in [4.69, 9.17) is 0 Å². The van der Waals surface area contributed by atoms with Crippen LogP contribution in [0.2, 0.25) is 0 Å². The van der Waals surface area contributed by atoms with Gasteiger partial charge in [0.25, 0.3) is 0 Å². The second-order valence-corrected chi connectivity index (χ2v) is 7.27. The molecule has 124 valence electrons. The monoisotopic (exact) mass is 287 g/mol. The lowest BCUT2D eigenvalue weighted by molar-refractivity contribution is 0.269. The van der Waals surface area contributed by atoms with Crippen LogP contribution in [0.25, 0.3) is 0 Å². The standard InChI is InChI=1S/C10H24N2.C7H17N/c1-10(2)6-7-12(5)9-8-11(3)4;1-7(2)5-6-8(3)4/h10H,6-9H2,1-5H3;7H,5-6H2,1-4H3. The van der Waals surface area contributed by atoms with Gasteiger partial charge in [-0.2, -0.15) is 0 Å². The summed E-state index contributed by atoms with van der Waals surface area (Å²) >= 11 is 0. The number of hydrogen-bond donors (Lipinski definition) is 0. The molecule has 0 aromatic carbocycles. The first-order valence-corrected chi connectivity index (χ1v) is 8.13. The summed E-state index contributed by atoms with van der Waals surface area (Å²) in [6, 6.07) is 0. The van der Waals surface area contributed by atoms with E-state index in [1.54, 1.807) is 0 Å². The number of hydrogen-bond acceptors (Lipinski definition) is 3. The Bertz CT molecular complexity index is 169. The van der Waals surface area contributed by atoms with E-state index in [0.717, 1.165) is 18.4 Å². The summed E-state index contributed by atoms with van der Waals surface area (Å²) in [7, 11) is 10.7. The van der Waals surface area contributed by atoms with Crippen molar-refractivity contribution in [2.45, 2.75) is 40.5 Å². The Kier molecular flexibility index (Phi) is 15.3. The van der Waals surface area contributed by atoms with Crippen LogP contribution >= 0.6 is 0 Å². The topological polar surface area (TPSA) is 9.72 Å². The molecule has 0 saturated carbocycles. The Morgan fingerprint density at radius 2 is 0.950 bits per heavy atom. The van der Waals surface area contributed by atoms with Crippen LogP contribution in [0.3, 0.4) is 0 Å². The summed E-state index contributed by atoms with van der Waals surface area (Å²) in [5, 5.41) is 0. The van der Waals surface area contributed by atoms with E-state index in [2.05, 4.69) is 77.6 Å². The van der Waals surface area contributed by atoms with E-state index in [0.29, 0.717) is 0 Å². The van der Waals surface area contributed by atoms with Gasteiger partial charge in [0.2, 0.25) is 0 Å². The number of rotatable bonds is 9. The van der Waals surface area contributed by atoms with Crippen LogP contribution in [0.15, 0.2) is 0 Å². The highest BCUT2D eigenvalue weighted by molar-refractivity contribution is 4.55. The minimum Gasteiger partial charge on any atom is -0.309 e. The van der Waals surface area contributed by atoms with Gasteiger partial charge in [0, 0.05) is 13.1 Å². The summed E-state index contributed by atoms with van der Waals surface area (Å²) < 4.78 is 0. The molecule has 0 spiro atoms. The molecule has 0 amide bonds. The van der Waals surface area contributed by atoms with E-state index in [1.165, 1.54) is 32.5 Å². The van der Waals surface area contributed by atoms with Crippen LogP contribution in [0, 0.1) is 11.8 Å². The zero-order chi connectivity index (χ0) is 16.1. The average molecular weight is 288 g/mol. The van der Waals surface area contributed by atoms with Gasteiger partial charge in [0.05, 0.1) is 0 Å². The summed E-state index contributed by atoms with van der Waals surface area (Å²) in [5.41, 5.74) is 0. The van der Waals surface area contributed by atoms with Gasteiger partial charge in [0.15, 0.2) is 0 Å². The quantitative estimate of drug-likeness (QED) is 0.645. The smallest absolute Gasteiger partial charge is 0.0106 e. The van der Waals surface area contributed by atoms with Gasteiger partial charge < -0.3 is 14.7 Å². The Hall–Kier alpha value is -0.120. The largest absolute Gasteiger partial charge is 0.309 e. The molecule has 0 aliphatic heterocycles. The van der Waals surface area contributed by atoms with Crippen LogP contribution in [0.1, 0.15) is 40.5 Å². The summed E-state index contributed by atoms with van der Waals surface area (Å²) in [4.78, 5) is 6.85. The Morgan fingerprint density at radius 1 is 0.550 bits per heavy atom. The van der Waals surface area contributed by atoms with Crippen molar-refractivity contribution < 1.29 is 0 Å². The molecular weight excluding hydrogens is 246 g/mol. The van der Waals surface area contributed by atoms with Crippen molar-refractivity contribution in [2.24, 2.45) is 11.8 Å². The second-order valence-electron chi connectivity index (χ2n) is 7.27. The lowest BCUT2D eigenvalue weighted by Gasteiger charge is -2.19. The maximum absolute atomic E-state index is 2.40. The molecule has 0 bridgehead atoms. The molecule has 20 heavy (non-hydrogen) atoms. The lowest BCUT2D eigenvalue weighted by atomic mass is 10.1. The molecule has 0 saturated heterocycles. The van der Waals surface area contributed by atoms with Crippen LogP contribution in [0.5, 0.6) is 0 Å². The van der Waals surface area contributed by atoms with Crippen LogP contribution < -0.4 is 0 Å². The molecule has 0 aromatic heterocycles. The third-order valence-corrected chi connectivity index (χ3v) is 3.17. The lowest BCUT2D eigenvalue weighted by Crippen LogP contribution is -2.29. The van der Waals surface area contributed by atoms with Crippen molar-refractivity contribution in [3.8, 4) is 0 Å². The SMILES string of the molecule is CC(C)CCN(C)C.CC(C)CCN(C)CCN(C)C. The summed E-state index contributed by atoms with van der Waals surface area (Å²) in [6.07, 6.45) is 2.62. The van der Waals surface area contributed by atoms with Crippen molar-refractivity contribution in [1.82, 2.24) is 14.7 Å². The molecule has 0 heterocycles. The highest BCUT2D eigenvalue weighted by Gasteiger charge is 2.00. The fraction of sp³-hybridized carbons (Fsp3) is 1.00. The van der Waals surface area contributed by atoms with Gasteiger partial charge in [-0.3, -0.25) is 0 Å². The van der Waals surface area contributed by atoms with E-state index < -0.39 is 0 Å². The third kappa shape index (κ3) is 23.0. The molecule has 0 unspecified atom stereocenters. The van der Waals surface area contributed by atoms with E-state index in [-0.39, 0.29) is 0 Å². The zero-order valence-electron chi connectivity index (χ0n) is 15.7. The number of nitrogens with zero attached hydrogens (tertiary/aromatic N) is 3. The van der Waals surface area contributed by atoms with Gasteiger partial charge in [-0.1, -0.05) is 27.7 Å². The predicted molar refractivity (Wildman–Crippen MR) is 93.5 cm³/mol. The van der Waals surface area contributed by atoms with Gasteiger partial charge in [-0.25, -0.2) is 0 Å². The third-order valence-electron chi connectivity index (χ3n) is 3.17. The highest BCUT2D eigenvalue weighted by atomic mass is 15.1.